The second-order valence-electron chi connectivity index (χ2n) is 7.73. The molecule has 0 aliphatic heterocycles. The molecule has 3 aromatic carbocycles. The number of carbonyl (C=O) groups is 1. The zero-order valence-electron chi connectivity index (χ0n) is 19.3. The van der Waals surface area contributed by atoms with Crippen LogP contribution in [0.25, 0.3) is 6.08 Å². The molecule has 0 unspecified atom stereocenters. The summed E-state index contributed by atoms with van der Waals surface area (Å²) in [6.45, 7) is 0.334. The molecule has 0 fully saturated rings. The van der Waals surface area contributed by atoms with Gasteiger partial charge in [0.2, 0.25) is 0 Å². The minimum atomic E-state index is -3.57. The quantitative estimate of drug-likeness (QED) is 0.166. The Balaban J connectivity index is 1.49. The Morgan fingerprint density at radius 2 is 1.58 bits per heavy atom. The fraction of sp³-hybridized carbons (Fsp3) is 0.185. The van der Waals surface area contributed by atoms with Gasteiger partial charge >= 0.3 is 12.1 Å². The molecule has 0 saturated carbocycles. The van der Waals surface area contributed by atoms with Crippen LogP contribution in [0, 0.1) is 11.3 Å². The number of alkyl halides is 2. The first-order valence-corrected chi connectivity index (χ1v) is 11.0. The van der Waals surface area contributed by atoms with Crippen molar-refractivity contribution in [1.29, 1.82) is 5.26 Å². The third-order valence-corrected chi connectivity index (χ3v) is 4.88. The van der Waals surface area contributed by atoms with Crippen LogP contribution in [0.4, 0.5) is 20.2 Å². The summed E-state index contributed by atoms with van der Waals surface area (Å²) in [6.07, 6.45) is -0.147. The van der Waals surface area contributed by atoms with E-state index >= 15 is 0 Å². The highest BCUT2D eigenvalue weighted by Gasteiger charge is 2.34. The highest BCUT2D eigenvalue weighted by molar-refractivity contribution is 5.87. The van der Waals surface area contributed by atoms with Gasteiger partial charge in [-0.25, -0.2) is 4.79 Å². The van der Waals surface area contributed by atoms with Crippen LogP contribution in [-0.2, 0) is 22.1 Å². The van der Waals surface area contributed by atoms with E-state index in [9.17, 15) is 13.6 Å². The second kappa shape index (κ2) is 12.2. The number of nitrogens with zero attached hydrogens (tertiary/aromatic N) is 1. The van der Waals surface area contributed by atoms with Crippen molar-refractivity contribution in [3.63, 3.8) is 0 Å². The number of hydrogen-bond acceptors (Lipinski definition) is 7. The molecule has 0 amide bonds. The van der Waals surface area contributed by atoms with Gasteiger partial charge < -0.3 is 25.7 Å². The molecule has 0 aliphatic rings. The molecule has 36 heavy (non-hydrogen) atoms. The van der Waals surface area contributed by atoms with E-state index in [-0.39, 0.29) is 30.9 Å². The number of benzene rings is 3. The zero-order chi connectivity index (χ0) is 26.0. The van der Waals surface area contributed by atoms with Crippen molar-refractivity contribution in [3.8, 4) is 17.6 Å². The lowest BCUT2D eigenvalue weighted by atomic mass is 10.1. The Morgan fingerprint density at radius 1 is 0.944 bits per heavy atom. The predicted octanol–water partition coefficient (Wildman–Crippen LogP) is 5.07. The number of hydrogen-bond donors (Lipinski definition) is 2. The first-order chi connectivity index (χ1) is 17.2. The van der Waals surface area contributed by atoms with Crippen LogP contribution < -0.4 is 20.9 Å². The molecular weight excluding hydrogens is 468 g/mol. The van der Waals surface area contributed by atoms with Gasteiger partial charge in [-0.15, -0.1) is 0 Å². The second-order valence-corrected chi connectivity index (χ2v) is 7.73. The number of halogens is 2. The minimum Gasteiger partial charge on any atom is -0.493 e. The minimum absolute atomic E-state index is 0.0459. The number of rotatable bonds is 11. The van der Waals surface area contributed by atoms with E-state index in [1.54, 1.807) is 18.2 Å². The van der Waals surface area contributed by atoms with Crippen LogP contribution in [0.5, 0.6) is 11.5 Å². The number of ether oxygens (including phenoxy) is 3. The number of anilines is 2. The lowest BCUT2D eigenvalue weighted by Crippen LogP contribution is -2.21. The molecule has 9 heteroatoms. The topological polar surface area (TPSA) is 121 Å². The van der Waals surface area contributed by atoms with Gasteiger partial charge in [-0.05, 0) is 71.8 Å². The van der Waals surface area contributed by atoms with Crippen molar-refractivity contribution >= 4 is 23.4 Å². The third kappa shape index (κ3) is 8.02. The Hall–Kier alpha value is -4.58. The smallest absolute Gasteiger partial charge is 0.426 e. The van der Waals surface area contributed by atoms with Crippen LogP contribution in [0.3, 0.4) is 0 Å². The summed E-state index contributed by atoms with van der Waals surface area (Å²) in [5, 5.41) is 8.51. The van der Waals surface area contributed by atoms with Gasteiger partial charge in [-0.3, -0.25) is 0 Å². The largest absolute Gasteiger partial charge is 0.493 e. The van der Waals surface area contributed by atoms with Crippen molar-refractivity contribution in [2.24, 2.45) is 0 Å². The van der Waals surface area contributed by atoms with Gasteiger partial charge in [0.05, 0.1) is 24.7 Å². The maximum atomic E-state index is 14.5. The Bertz CT molecular complexity index is 1220. The normalized spacial score (nSPS) is 11.1. The van der Waals surface area contributed by atoms with Crippen LogP contribution in [0.1, 0.15) is 23.1 Å². The first kappa shape index (κ1) is 26.0. The fourth-order valence-corrected chi connectivity index (χ4v) is 3.19. The standard InChI is InChI=1S/C27H25F2N3O4/c28-27(29,21-5-9-24(10-6-21)34-14-1-13-30)36-25-7-2-19(3-8-25)4-11-26(33)35-15-12-20-16-22(31)18-23(32)17-20/h2-11,16-18H,1,12,14-15,31-32H2/b11-4+. The average molecular weight is 494 g/mol. The Labute approximate surface area is 207 Å². The number of carbonyl (C=O) groups excluding carboxylic acids is 1. The van der Waals surface area contributed by atoms with Gasteiger partial charge in [-0.2, -0.15) is 14.0 Å². The molecule has 0 aliphatic carbocycles. The molecule has 0 spiro atoms. The van der Waals surface area contributed by atoms with Gasteiger partial charge in [0, 0.05) is 23.9 Å². The molecule has 0 saturated heterocycles. The summed E-state index contributed by atoms with van der Waals surface area (Å²) in [4.78, 5) is 11.9. The average Bonchev–Trinajstić information content (AvgIpc) is 2.83. The lowest BCUT2D eigenvalue weighted by molar-refractivity contribution is -0.185. The summed E-state index contributed by atoms with van der Waals surface area (Å²) in [7, 11) is 0. The fourth-order valence-electron chi connectivity index (χ4n) is 3.19. The van der Waals surface area contributed by atoms with Crippen molar-refractivity contribution < 1.29 is 27.8 Å². The van der Waals surface area contributed by atoms with E-state index in [0.717, 1.165) is 5.56 Å². The molecule has 0 atom stereocenters. The highest BCUT2D eigenvalue weighted by atomic mass is 19.3. The first-order valence-electron chi connectivity index (χ1n) is 11.0. The van der Waals surface area contributed by atoms with E-state index in [1.807, 2.05) is 6.07 Å². The highest BCUT2D eigenvalue weighted by Crippen LogP contribution is 2.32. The maximum Gasteiger partial charge on any atom is 0.426 e. The summed E-state index contributed by atoms with van der Waals surface area (Å²) in [5.74, 6) is -0.205. The van der Waals surface area contributed by atoms with Gasteiger partial charge in [0.25, 0.3) is 0 Å². The molecule has 7 nitrogen and oxygen atoms in total. The molecular formula is C27H25F2N3O4. The van der Waals surface area contributed by atoms with Gasteiger partial charge in [0.1, 0.15) is 18.1 Å². The maximum absolute atomic E-state index is 14.5. The van der Waals surface area contributed by atoms with Crippen LogP contribution in [0.15, 0.2) is 72.8 Å². The molecule has 4 N–H and O–H groups in total. The molecule has 3 aromatic rings. The molecule has 186 valence electrons. The third-order valence-electron chi connectivity index (χ3n) is 4.88. The molecule has 0 heterocycles. The van der Waals surface area contributed by atoms with Crippen molar-refractivity contribution in [1.82, 2.24) is 0 Å². The predicted molar refractivity (Wildman–Crippen MR) is 132 cm³/mol. The SMILES string of the molecule is N#CCCOc1ccc(C(F)(F)Oc2ccc(/C=C/C(=O)OCCc3cc(N)cc(N)c3)cc2)cc1. The van der Waals surface area contributed by atoms with Gasteiger partial charge in [0.15, 0.2) is 0 Å². The van der Waals surface area contributed by atoms with E-state index in [1.165, 1.54) is 60.7 Å². The number of esters is 1. The molecule has 0 bridgehead atoms. The Kier molecular flexibility index (Phi) is 8.84. The summed E-state index contributed by atoms with van der Waals surface area (Å²) in [5.41, 5.74) is 13.7. The monoisotopic (exact) mass is 493 g/mol. The van der Waals surface area contributed by atoms with E-state index < -0.39 is 12.1 Å². The summed E-state index contributed by atoms with van der Waals surface area (Å²) >= 11 is 0. The zero-order valence-corrected chi connectivity index (χ0v) is 19.3. The number of nitrogen functional groups attached to an aromatic ring is 2. The van der Waals surface area contributed by atoms with E-state index in [4.69, 9.17) is 30.9 Å². The number of nitrogens with two attached hydrogens (primary N) is 2. The molecule has 0 radical (unpaired) electrons. The van der Waals surface area contributed by atoms with Crippen LogP contribution in [0.2, 0.25) is 0 Å². The summed E-state index contributed by atoms with van der Waals surface area (Å²) < 4.78 is 44.4. The van der Waals surface area contributed by atoms with Crippen LogP contribution >= 0.6 is 0 Å². The molecule has 0 aromatic heterocycles. The van der Waals surface area contributed by atoms with E-state index in [2.05, 4.69) is 0 Å². The lowest BCUT2D eigenvalue weighted by Gasteiger charge is -2.18. The number of nitriles is 1. The summed E-state index contributed by atoms with van der Waals surface area (Å²) in [6, 6.07) is 18.1. The van der Waals surface area contributed by atoms with Gasteiger partial charge in [-0.1, -0.05) is 12.1 Å². The van der Waals surface area contributed by atoms with Crippen molar-refractivity contribution in [2.75, 3.05) is 24.7 Å². The van der Waals surface area contributed by atoms with E-state index in [0.29, 0.717) is 29.1 Å². The Morgan fingerprint density at radius 3 is 2.22 bits per heavy atom. The van der Waals surface area contributed by atoms with Crippen LogP contribution in [-0.4, -0.2) is 19.2 Å². The van der Waals surface area contributed by atoms with Crippen molar-refractivity contribution in [2.45, 2.75) is 19.0 Å². The van der Waals surface area contributed by atoms with Crippen molar-refractivity contribution in [3.05, 3.63) is 89.5 Å². The molecule has 3 rings (SSSR count).